The van der Waals surface area contributed by atoms with Crippen LogP contribution >= 0.6 is 0 Å². The SMILES string of the molecule is NNc1ccc(S(=O)(=O)N2CCCCCC2CO)cn1. The van der Waals surface area contributed by atoms with Crippen LogP contribution < -0.4 is 11.3 Å². The van der Waals surface area contributed by atoms with E-state index in [1.54, 1.807) is 0 Å². The average Bonchev–Trinajstić information content (AvgIpc) is 2.73. The standard InChI is InChI=1S/C12H20N4O3S/c13-15-12-6-5-11(8-14-12)20(18,19)16-7-3-1-2-4-10(16)9-17/h5-6,8,10,17H,1-4,7,9,13H2,(H,14,15). The fourth-order valence-corrected chi connectivity index (χ4v) is 4.03. The molecule has 8 heteroatoms. The highest BCUT2D eigenvalue weighted by Crippen LogP contribution is 2.24. The van der Waals surface area contributed by atoms with E-state index in [-0.39, 0.29) is 17.5 Å². The fourth-order valence-electron chi connectivity index (χ4n) is 2.40. The lowest BCUT2D eigenvalue weighted by Crippen LogP contribution is -2.42. The van der Waals surface area contributed by atoms with E-state index in [1.165, 1.54) is 22.6 Å². The fraction of sp³-hybridized carbons (Fsp3) is 0.583. The molecule has 7 nitrogen and oxygen atoms in total. The summed E-state index contributed by atoms with van der Waals surface area (Å²) in [6.45, 7) is 0.277. The molecule has 0 aromatic carbocycles. The summed E-state index contributed by atoms with van der Waals surface area (Å²) < 4.78 is 26.7. The number of nitrogen functional groups attached to an aromatic ring is 1. The molecule has 4 N–H and O–H groups in total. The van der Waals surface area contributed by atoms with Crippen molar-refractivity contribution in [2.24, 2.45) is 5.84 Å². The number of rotatable bonds is 4. The van der Waals surface area contributed by atoms with Crippen LogP contribution in [0.4, 0.5) is 5.82 Å². The second-order valence-electron chi connectivity index (χ2n) is 4.82. The molecular weight excluding hydrogens is 280 g/mol. The van der Waals surface area contributed by atoms with Gasteiger partial charge in [-0.1, -0.05) is 12.8 Å². The number of aliphatic hydroxyl groups excluding tert-OH is 1. The van der Waals surface area contributed by atoms with E-state index in [0.29, 0.717) is 18.8 Å². The van der Waals surface area contributed by atoms with E-state index in [0.717, 1.165) is 19.3 Å². The van der Waals surface area contributed by atoms with Gasteiger partial charge in [0.05, 0.1) is 6.61 Å². The molecule has 0 spiro atoms. The maximum absolute atomic E-state index is 12.6. The van der Waals surface area contributed by atoms with Crippen LogP contribution in [-0.2, 0) is 10.0 Å². The molecule has 0 bridgehead atoms. The summed E-state index contributed by atoms with van der Waals surface area (Å²) in [7, 11) is -3.63. The van der Waals surface area contributed by atoms with Crippen molar-refractivity contribution < 1.29 is 13.5 Å². The van der Waals surface area contributed by atoms with E-state index in [9.17, 15) is 13.5 Å². The average molecular weight is 300 g/mol. The quantitative estimate of drug-likeness (QED) is 0.545. The molecule has 0 saturated carbocycles. The third kappa shape index (κ3) is 3.09. The number of pyridine rings is 1. The Labute approximate surface area is 118 Å². The highest BCUT2D eigenvalue weighted by atomic mass is 32.2. The van der Waals surface area contributed by atoms with Gasteiger partial charge in [-0.2, -0.15) is 4.31 Å². The molecule has 2 rings (SSSR count). The normalized spacial score (nSPS) is 21.4. The molecule has 1 aliphatic heterocycles. The van der Waals surface area contributed by atoms with Gasteiger partial charge in [0.1, 0.15) is 10.7 Å². The van der Waals surface area contributed by atoms with E-state index >= 15 is 0 Å². The predicted molar refractivity (Wildman–Crippen MR) is 75.3 cm³/mol. The summed E-state index contributed by atoms with van der Waals surface area (Å²) in [5.41, 5.74) is 2.36. The predicted octanol–water partition coefficient (Wildman–Crippen LogP) is 0.293. The number of nitrogens with one attached hydrogen (secondary N) is 1. The van der Waals surface area contributed by atoms with Crippen LogP contribution in [0.1, 0.15) is 25.7 Å². The first-order valence-electron chi connectivity index (χ1n) is 6.65. The molecule has 112 valence electrons. The Kier molecular flexibility index (Phi) is 4.92. The molecule has 1 aromatic rings. The summed E-state index contributed by atoms with van der Waals surface area (Å²) in [6.07, 6.45) is 4.70. The van der Waals surface area contributed by atoms with Gasteiger partial charge < -0.3 is 10.5 Å². The van der Waals surface area contributed by atoms with Crippen molar-refractivity contribution in [2.45, 2.75) is 36.6 Å². The highest BCUT2D eigenvalue weighted by Gasteiger charge is 2.32. The van der Waals surface area contributed by atoms with E-state index < -0.39 is 10.0 Å². The van der Waals surface area contributed by atoms with Crippen LogP contribution in [0.2, 0.25) is 0 Å². The Hall–Kier alpha value is -1.22. The Bertz CT molecular complexity index is 532. The van der Waals surface area contributed by atoms with E-state index in [4.69, 9.17) is 5.84 Å². The third-order valence-corrected chi connectivity index (χ3v) is 5.46. The Morgan fingerprint density at radius 1 is 1.40 bits per heavy atom. The maximum Gasteiger partial charge on any atom is 0.244 e. The molecule has 2 heterocycles. The monoisotopic (exact) mass is 300 g/mol. The Morgan fingerprint density at radius 3 is 2.80 bits per heavy atom. The summed E-state index contributed by atoms with van der Waals surface area (Å²) in [5.74, 6) is 5.61. The maximum atomic E-state index is 12.6. The van der Waals surface area contributed by atoms with Gasteiger partial charge in [0.25, 0.3) is 0 Å². The molecule has 0 aliphatic carbocycles. The second-order valence-corrected chi connectivity index (χ2v) is 6.72. The van der Waals surface area contributed by atoms with Crippen molar-refractivity contribution in [1.82, 2.24) is 9.29 Å². The first kappa shape index (κ1) is 15.2. The number of sulfonamides is 1. The van der Waals surface area contributed by atoms with Gasteiger partial charge in [-0.15, -0.1) is 0 Å². The summed E-state index contributed by atoms with van der Waals surface area (Å²) in [5, 5.41) is 9.43. The number of aliphatic hydroxyl groups is 1. The zero-order valence-corrected chi connectivity index (χ0v) is 12.0. The zero-order valence-electron chi connectivity index (χ0n) is 11.2. The van der Waals surface area contributed by atoms with Gasteiger partial charge >= 0.3 is 0 Å². The molecule has 20 heavy (non-hydrogen) atoms. The van der Waals surface area contributed by atoms with Crippen LogP contribution in [0.3, 0.4) is 0 Å². The van der Waals surface area contributed by atoms with Gasteiger partial charge in [0, 0.05) is 18.8 Å². The molecule has 1 saturated heterocycles. The van der Waals surface area contributed by atoms with Crippen molar-refractivity contribution in [3.63, 3.8) is 0 Å². The number of aromatic nitrogens is 1. The van der Waals surface area contributed by atoms with E-state index in [2.05, 4.69) is 10.4 Å². The summed E-state index contributed by atoms with van der Waals surface area (Å²) in [4.78, 5) is 4.05. The topological polar surface area (TPSA) is 109 Å². The minimum Gasteiger partial charge on any atom is -0.395 e. The number of hydrogen-bond donors (Lipinski definition) is 3. The van der Waals surface area contributed by atoms with Crippen molar-refractivity contribution in [3.8, 4) is 0 Å². The van der Waals surface area contributed by atoms with Crippen molar-refractivity contribution in [2.75, 3.05) is 18.6 Å². The lowest BCUT2D eigenvalue weighted by atomic mass is 10.1. The molecule has 1 unspecified atom stereocenters. The van der Waals surface area contributed by atoms with Crippen LogP contribution in [-0.4, -0.2) is 42.0 Å². The van der Waals surface area contributed by atoms with Crippen LogP contribution in [0.15, 0.2) is 23.2 Å². The first-order valence-corrected chi connectivity index (χ1v) is 8.09. The molecule has 1 atom stereocenters. The largest absolute Gasteiger partial charge is 0.395 e. The Morgan fingerprint density at radius 2 is 2.20 bits per heavy atom. The first-order chi connectivity index (χ1) is 9.59. The molecular formula is C12H20N4O3S. The second kappa shape index (κ2) is 6.49. The van der Waals surface area contributed by atoms with Gasteiger partial charge in [-0.3, -0.25) is 0 Å². The smallest absolute Gasteiger partial charge is 0.244 e. The highest BCUT2D eigenvalue weighted by molar-refractivity contribution is 7.89. The summed E-state index contributed by atoms with van der Waals surface area (Å²) >= 11 is 0. The van der Waals surface area contributed by atoms with Gasteiger partial charge in [0.2, 0.25) is 10.0 Å². The van der Waals surface area contributed by atoms with Crippen molar-refractivity contribution in [1.29, 1.82) is 0 Å². The lowest BCUT2D eigenvalue weighted by molar-refractivity contribution is 0.186. The number of hydrogen-bond acceptors (Lipinski definition) is 6. The van der Waals surface area contributed by atoms with Gasteiger partial charge in [-0.25, -0.2) is 19.2 Å². The van der Waals surface area contributed by atoms with Crippen molar-refractivity contribution in [3.05, 3.63) is 18.3 Å². The minimum atomic E-state index is -3.63. The van der Waals surface area contributed by atoms with Crippen LogP contribution in [0.25, 0.3) is 0 Å². The lowest BCUT2D eigenvalue weighted by Gasteiger charge is -2.27. The summed E-state index contributed by atoms with van der Waals surface area (Å²) in [6, 6.07) is 2.63. The zero-order chi connectivity index (χ0) is 14.6. The number of nitrogens with zero attached hydrogens (tertiary/aromatic N) is 2. The number of anilines is 1. The minimum absolute atomic E-state index is 0.122. The molecule has 1 aromatic heterocycles. The third-order valence-electron chi connectivity index (χ3n) is 3.52. The number of nitrogens with two attached hydrogens (primary N) is 1. The Balaban J connectivity index is 2.30. The molecule has 1 fully saturated rings. The number of hydrazine groups is 1. The van der Waals surface area contributed by atoms with Gasteiger partial charge in [0.15, 0.2) is 0 Å². The van der Waals surface area contributed by atoms with Gasteiger partial charge in [-0.05, 0) is 25.0 Å². The molecule has 0 amide bonds. The van der Waals surface area contributed by atoms with Crippen LogP contribution in [0.5, 0.6) is 0 Å². The van der Waals surface area contributed by atoms with Crippen LogP contribution in [0, 0.1) is 0 Å². The van der Waals surface area contributed by atoms with E-state index in [1.807, 2.05) is 0 Å². The molecule has 1 aliphatic rings. The van der Waals surface area contributed by atoms with Crippen molar-refractivity contribution >= 4 is 15.8 Å². The molecule has 0 radical (unpaired) electrons.